The molecule has 2 heterocycles. The Kier molecular flexibility index (Phi) is 4.58. The molecule has 5 heteroatoms. The van der Waals surface area contributed by atoms with Gasteiger partial charge in [-0.25, -0.2) is 9.97 Å². The lowest BCUT2D eigenvalue weighted by atomic mass is 10.1. The van der Waals surface area contributed by atoms with E-state index >= 15 is 0 Å². The number of aryl methyl sites for hydroxylation is 1. The minimum Gasteiger partial charge on any atom is -0.396 e. The lowest BCUT2D eigenvalue weighted by molar-refractivity contribution is 0.238. The number of nitrogens with zero attached hydrogens (tertiary/aromatic N) is 4. The molecule has 1 fully saturated rings. The Labute approximate surface area is 115 Å². The molecule has 2 rings (SSSR count). The van der Waals surface area contributed by atoms with Crippen LogP contribution in [0.15, 0.2) is 6.07 Å². The van der Waals surface area contributed by atoms with Crippen LogP contribution in [0.4, 0.5) is 11.6 Å². The number of anilines is 2. The van der Waals surface area contributed by atoms with Crippen molar-refractivity contribution in [2.24, 2.45) is 5.92 Å². The van der Waals surface area contributed by atoms with Crippen LogP contribution in [-0.4, -0.2) is 47.9 Å². The van der Waals surface area contributed by atoms with E-state index in [2.05, 4.69) is 39.7 Å². The zero-order valence-corrected chi connectivity index (χ0v) is 12.1. The monoisotopic (exact) mass is 264 g/mol. The zero-order chi connectivity index (χ0) is 13.8. The molecule has 0 radical (unpaired) electrons. The summed E-state index contributed by atoms with van der Waals surface area (Å²) in [6.07, 6.45) is 1.04. The van der Waals surface area contributed by atoms with Crippen LogP contribution in [0, 0.1) is 12.8 Å². The standard InChI is InChI=1S/C14H24N4O/c1-4-17(5-2)13-8-14(16-11(3)15-13)18-7-6-12(9-18)10-19/h8,12,19H,4-7,9-10H2,1-3H3. The molecule has 1 N–H and O–H groups in total. The Morgan fingerprint density at radius 1 is 1.37 bits per heavy atom. The molecule has 0 spiro atoms. The lowest BCUT2D eigenvalue weighted by Crippen LogP contribution is -2.26. The van der Waals surface area contributed by atoms with E-state index in [4.69, 9.17) is 0 Å². The van der Waals surface area contributed by atoms with E-state index in [0.717, 1.165) is 50.1 Å². The average molecular weight is 264 g/mol. The van der Waals surface area contributed by atoms with E-state index in [9.17, 15) is 5.11 Å². The maximum atomic E-state index is 9.24. The van der Waals surface area contributed by atoms with E-state index < -0.39 is 0 Å². The minimum absolute atomic E-state index is 0.267. The Morgan fingerprint density at radius 3 is 2.68 bits per heavy atom. The highest BCUT2D eigenvalue weighted by atomic mass is 16.3. The van der Waals surface area contributed by atoms with Gasteiger partial charge in [0, 0.05) is 44.8 Å². The first-order valence-corrected chi connectivity index (χ1v) is 7.14. The third-order valence-corrected chi connectivity index (χ3v) is 3.77. The predicted octanol–water partition coefficient (Wildman–Crippen LogP) is 1.45. The molecule has 0 saturated carbocycles. The van der Waals surface area contributed by atoms with E-state index in [1.54, 1.807) is 0 Å². The molecule has 19 heavy (non-hydrogen) atoms. The smallest absolute Gasteiger partial charge is 0.134 e. The van der Waals surface area contributed by atoms with Gasteiger partial charge in [-0.1, -0.05) is 0 Å². The van der Waals surface area contributed by atoms with Crippen molar-refractivity contribution in [1.82, 2.24) is 9.97 Å². The maximum absolute atomic E-state index is 9.24. The highest BCUT2D eigenvalue weighted by Gasteiger charge is 2.23. The molecule has 5 nitrogen and oxygen atoms in total. The highest BCUT2D eigenvalue weighted by molar-refractivity contribution is 5.51. The molecular weight excluding hydrogens is 240 g/mol. The van der Waals surface area contributed by atoms with Crippen LogP contribution in [0.1, 0.15) is 26.1 Å². The summed E-state index contributed by atoms with van der Waals surface area (Å²) in [7, 11) is 0. The summed E-state index contributed by atoms with van der Waals surface area (Å²) in [5.74, 6) is 3.18. The van der Waals surface area contributed by atoms with Crippen LogP contribution in [-0.2, 0) is 0 Å². The topological polar surface area (TPSA) is 52.5 Å². The van der Waals surface area contributed by atoms with Crippen molar-refractivity contribution in [2.75, 3.05) is 42.6 Å². The second-order valence-electron chi connectivity index (χ2n) is 5.09. The first-order chi connectivity index (χ1) is 9.17. The van der Waals surface area contributed by atoms with Gasteiger partial charge in [-0.3, -0.25) is 0 Å². The molecule has 1 aromatic heterocycles. The van der Waals surface area contributed by atoms with Crippen molar-refractivity contribution in [3.8, 4) is 0 Å². The molecule has 106 valence electrons. The number of aromatic nitrogens is 2. The number of rotatable bonds is 5. The van der Waals surface area contributed by atoms with Crippen LogP contribution in [0.2, 0.25) is 0 Å². The van der Waals surface area contributed by atoms with E-state index in [1.807, 2.05) is 6.92 Å². The van der Waals surface area contributed by atoms with Crippen molar-refractivity contribution < 1.29 is 5.11 Å². The SMILES string of the molecule is CCN(CC)c1cc(N2CCC(CO)C2)nc(C)n1. The fourth-order valence-corrected chi connectivity index (χ4v) is 2.60. The Hall–Kier alpha value is -1.36. The number of aliphatic hydroxyl groups is 1. The number of hydrogen-bond donors (Lipinski definition) is 1. The summed E-state index contributed by atoms with van der Waals surface area (Å²) in [6, 6.07) is 2.07. The van der Waals surface area contributed by atoms with Crippen LogP contribution >= 0.6 is 0 Å². The summed E-state index contributed by atoms with van der Waals surface area (Å²) >= 11 is 0. The number of aliphatic hydroxyl groups excluding tert-OH is 1. The third kappa shape index (κ3) is 3.15. The van der Waals surface area contributed by atoms with Gasteiger partial charge in [0.15, 0.2) is 0 Å². The van der Waals surface area contributed by atoms with Gasteiger partial charge in [0.2, 0.25) is 0 Å². The second kappa shape index (κ2) is 6.19. The van der Waals surface area contributed by atoms with Crippen LogP contribution in [0.25, 0.3) is 0 Å². The molecule has 0 aliphatic carbocycles. The molecule has 0 bridgehead atoms. The van der Waals surface area contributed by atoms with Crippen molar-refractivity contribution in [1.29, 1.82) is 0 Å². The third-order valence-electron chi connectivity index (χ3n) is 3.77. The quantitative estimate of drug-likeness (QED) is 0.872. The van der Waals surface area contributed by atoms with Crippen LogP contribution in [0.5, 0.6) is 0 Å². The minimum atomic E-state index is 0.267. The van der Waals surface area contributed by atoms with Crippen molar-refractivity contribution in [2.45, 2.75) is 27.2 Å². The van der Waals surface area contributed by atoms with Gasteiger partial charge in [-0.2, -0.15) is 0 Å². The molecule has 0 aromatic carbocycles. The Morgan fingerprint density at radius 2 is 2.11 bits per heavy atom. The van der Waals surface area contributed by atoms with Crippen molar-refractivity contribution >= 4 is 11.6 Å². The molecule has 1 aromatic rings. The lowest BCUT2D eigenvalue weighted by Gasteiger charge is -2.23. The van der Waals surface area contributed by atoms with Crippen LogP contribution in [0.3, 0.4) is 0 Å². The maximum Gasteiger partial charge on any atom is 0.134 e. The Balaban J connectivity index is 2.22. The molecular formula is C14H24N4O. The summed E-state index contributed by atoms with van der Waals surface area (Å²) in [6.45, 7) is 10.2. The van der Waals surface area contributed by atoms with Crippen molar-refractivity contribution in [3.05, 3.63) is 11.9 Å². The second-order valence-corrected chi connectivity index (χ2v) is 5.09. The van der Waals surface area contributed by atoms with Gasteiger partial charge >= 0.3 is 0 Å². The summed E-state index contributed by atoms with van der Waals surface area (Å²) in [4.78, 5) is 13.6. The highest BCUT2D eigenvalue weighted by Crippen LogP contribution is 2.24. The number of hydrogen-bond acceptors (Lipinski definition) is 5. The van der Waals surface area contributed by atoms with E-state index in [1.165, 1.54) is 0 Å². The Bertz CT molecular complexity index is 420. The molecule has 1 atom stereocenters. The fourth-order valence-electron chi connectivity index (χ4n) is 2.60. The van der Waals surface area contributed by atoms with Gasteiger partial charge in [0.25, 0.3) is 0 Å². The van der Waals surface area contributed by atoms with Gasteiger partial charge < -0.3 is 14.9 Å². The zero-order valence-electron chi connectivity index (χ0n) is 12.1. The molecule has 1 aliphatic heterocycles. The van der Waals surface area contributed by atoms with Gasteiger partial charge in [-0.05, 0) is 27.2 Å². The average Bonchev–Trinajstić information content (AvgIpc) is 2.88. The summed E-state index contributed by atoms with van der Waals surface area (Å²) < 4.78 is 0. The first-order valence-electron chi connectivity index (χ1n) is 7.14. The molecule has 1 saturated heterocycles. The fraction of sp³-hybridized carbons (Fsp3) is 0.714. The first kappa shape index (κ1) is 14.1. The normalized spacial score (nSPS) is 18.9. The van der Waals surface area contributed by atoms with Crippen molar-refractivity contribution in [3.63, 3.8) is 0 Å². The van der Waals surface area contributed by atoms with Crippen LogP contribution < -0.4 is 9.80 Å². The van der Waals surface area contributed by atoms with Gasteiger partial charge in [0.05, 0.1) is 0 Å². The summed E-state index contributed by atoms with van der Waals surface area (Å²) in [5.41, 5.74) is 0. The summed E-state index contributed by atoms with van der Waals surface area (Å²) in [5, 5.41) is 9.24. The molecule has 1 aliphatic rings. The molecule has 1 unspecified atom stereocenters. The molecule has 0 amide bonds. The van der Waals surface area contributed by atoms with Gasteiger partial charge in [0.1, 0.15) is 17.5 Å². The van der Waals surface area contributed by atoms with Gasteiger partial charge in [-0.15, -0.1) is 0 Å². The van der Waals surface area contributed by atoms with E-state index in [-0.39, 0.29) is 6.61 Å². The van der Waals surface area contributed by atoms with E-state index in [0.29, 0.717) is 5.92 Å². The largest absolute Gasteiger partial charge is 0.396 e. The predicted molar refractivity (Wildman–Crippen MR) is 77.7 cm³/mol.